The maximum atomic E-state index is 12.9. The van der Waals surface area contributed by atoms with Crippen molar-refractivity contribution in [1.82, 2.24) is 15.1 Å². The highest BCUT2D eigenvalue weighted by Crippen LogP contribution is 2.15. The molecule has 26 heavy (non-hydrogen) atoms. The van der Waals surface area contributed by atoms with Gasteiger partial charge in [0.15, 0.2) is 0 Å². The number of carbonyl (C=O) groups is 1. The monoisotopic (exact) mass is 353 g/mol. The Morgan fingerprint density at radius 2 is 2.23 bits per heavy atom. The van der Waals surface area contributed by atoms with Gasteiger partial charge in [-0.25, -0.2) is 0 Å². The van der Waals surface area contributed by atoms with Crippen molar-refractivity contribution in [2.75, 3.05) is 19.7 Å². The lowest BCUT2D eigenvalue weighted by Crippen LogP contribution is -2.37. The normalized spacial score (nSPS) is 17.0. The second-order valence-electron chi connectivity index (χ2n) is 6.69. The number of rotatable bonds is 8. The van der Waals surface area contributed by atoms with Crippen LogP contribution in [0.15, 0.2) is 42.5 Å². The van der Waals surface area contributed by atoms with Crippen LogP contribution in [0.3, 0.4) is 0 Å². The fourth-order valence-electron chi connectivity index (χ4n) is 3.19. The van der Waals surface area contributed by atoms with Gasteiger partial charge in [0.1, 0.15) is 5.69 Å². The lowest BCUT2D eigenvalue weighted by atomic mass is 10.2. The third-order valence-corrected chi connectivity index (χ3v) is 4.54. The van der Waals surface area contributed by atoms with E-state index in [9.17, 15) is 4.79 Å². The number of benzene rings is 1. The van der Waals surface area contributed by atoms with Crippen LogP contribution in [0.5, 0.6) is 0 Å². The van der Waals surface area contributed by atoms with Crippen LogP contribution in [0.1, 0.15) is 47.9 Å². The van der Waals surface area contributed by atoms with Gasteiger partial charge in [-0.15, -0.1) is 0 Å². The molecule has 0 bridgehead atoms. The van der Waals surface area contributed by atoms with Crippen molar-refractivity contribution in [3.05, 3.63) is 59.4 Å². The first-order valence-corrected chi connectivity index (χ1v) is 9.43. The van der Waals surface area contributed by atoms with Crippen LogP contribution in [-0.2, 0) is 11.2 Å². The number of aryl methyl sites for hydroxylation is 1. The number of aromatic amines is 1. The first kappa shape index (κ1) is 18.4. The Bertz CT molecular complexity index is 718. The highest BCUT2D eigenvalue weighted by Gasteiger charge is 2.24. The standard InChI is InChI=1S/C21H27N3O2/c1-2-8-18-15-20(23-22-18)21(25)24(16-19-12-7-14-26-19)13-6-11-17-9-4-3-5-10-17/h3-6,9-11,15,19H,2,7-8,12-14,16H2,1H3,(H,22,23)/b11-6+. The molecule has 1 N–H and O–H groups in total. The van der Waals surface area contributed by atoms with E-state index in [1.54, 1.807) is 0 Å². The van der Waals surface area contributed by atoms with Crippen molar-refractivity contribution in [2.24, 2.45) is 0 Å². The molecule has 0 spiro atoms. The number of amides is 1. The molecule has 1 aromatic carbocycles. The maximum Gasteiger partial charge on any atom is 0.274 e. The smallest absolute Gasteiger partial charge is 0.274 e. The highest BCUT2D eigenvalue weighted by molar-refractivity contribution is 5.92. The van der Waals surface area contributed by atoms with E-state index in [0.717, 1.165) is 43.5 Å². The highest BCUT2D eigenvalue weighted by atomic mass is 16.5. The van der Waals surface area contributed by atoms with Gasteiger partial charge in [0.05, 0.1) is 6.10 Å². The number of ether oxygens (including phenoxy) is 1. The number of nitrogens with one attached hydrogen (secondary N) is 1. The van der Waals surface area contributed by atoms with Gasteiger partial charge >= 0.3 is 0 Å². The molecule has 1 unspecified atom stereocenters. The third-order valence-electron chi connectivity index (χ3n) is 4.54. The molecule has 0 aliphatic carbocycles. The van der Waals surface area contributed by atoms with Gasteiger partial charge in [-0.1, -0.05) is 55.8 Å². The summed E-state index contributed by atoms with van der Waals surface area (Å²) < 4.78 is 5.73. The van der Waals surface area contributed by atoms with Crippen LogP contribution in [0.25, 0.3) is 6.08 Å². The van der Waals surface area contributed by atoms with Crippen LogP contribution in [0.4, 0.5) is 0 Å². The first-order valence-electron chi connectivity index (χ1n) is 9.43. The van der Waals surface area contributed by atoms with E-state index in [4.69, 9.17) is 4.74 Å². The topological polar surface area (TPSA) is 58.2 Å². The molecule has 1 aliphatic heterocycles. The SMILES string of the molecule is CCCc1cc(C(=O)N(C/C=C/c2ccccc2)CC2CCCO2)n[nH]1. The molecule has 0 radical (unpaired) electrons. The van der Waals surface area contributed by atoms with Crippen LogP contribution in [0, 0.1) is 0 Å². The Morgan fingerprint density at radius 3 is 2.96 bits per heavy atom. The zero-order valence-corrected chi connectivity index (χ0v) is 15.4. The molecule has 1 aromatic heterocycles. The fourth-order valence-corrected chi connectivity index (χ4v) is 3.19. The molecule has 1 fully saturated rings. The molecule has 1 saturated heterocycles. The Kier molecular flexibility index (Phi) is 6.61. The minimum Gasteiger partial charge on any atom is -0.376 e. The van der Waals surface area contributed by atoms with Gasteiger partial charge in [0, 0.05) is 25.4 Å². The summed E-state index contributed by atoms with van der Waals surface area (Å²) in [5.41, 5.74) is 2.62. The minimum atomic E-state index is -0.0446. The molecular formula is C21H27N3O2. The number of H-pyrrole nitrogens is 1. The summed E-state index contributed by atoms with van der Waals surface area (Å²) in [6.45, 7) is 4.05. The number of hydrogen-bond donors (Lipinski definition) is 1. The van der Waals surface area contributed by atoms with Gasteiger partial charge in [-0.05, 0) is 30.9 Å². The molecule has 2 heterocycles. The van der Waals surface area contributed by atoms with E-state index in [0.29, 0.717) is 18.8 Å². The van der Waals surface area contributed by atoms with Gasteiger partial charge in [-0.2, -0.15) is 5.10 Å². The lowest BCUT2D eigenvalue weighted by Gasteiger charge is -2.23. The quantitative estimate of drug-likeness (QED) is 0.787. The van der Waals surface area contributed by atoms with Crippen molar-refractivity contribution in [2.45, 2.75) is 38.7 Å². The molecule has 1 amide bonds. The van der Waals surface area contributed by atoms with Gasteiger partial charge in [0.25, 0.3) is 5.91 Å². The number of hydrogen-bond acceptors (Lipinski definition) is 3. The van der Waals surface area contributed by atoms with Crippen LogP contribution in [-0.4, -0.2) is 46.8 Å². The second-order valence-corrected chi connectivity index (χ2v) is 6.69. The number of carbonyl (C=O) groups excluding carboxylic acids is 1. The molecule has 138 valence electrons. The molecule has 3 rings (SSSR count). The fraction of sp³-hybridized carbons (Fsp3) is 0.429. The van der Waals surface area contributed by atoms with Crippen molar-refractivity contribution in [3.8, 4) is 0 Å². The summed E-state index contributed by atoms with van der Waals surface area (Å²) in [7, 11) is 0. The predicted octanol–water partition coefficient (Wildman–Crippen LogP) is 3.70. The molecule has 5 heteroatoms. The third kappa shape index (κ3) is 5.05. The van der Waals surface area contributed by atoms with Crippen LogP contribution < -0.4 is 0 Å². The maximum absolute atomic E-state index is 12.9. The Hall–Kier alpha value is -2.40. The Morgan fingerprint density at radius 1 is 1.38 bits per heavy atom. The predicted molar refractivity (Wildman–Crippen MR) is 103 cm³/mol. The lowest BCUT2D eigenvalue weighted by molar-refractivity contribution is 0.0549. The Labute approximate surface area is 155 Å². The van der Waals surface area contributed by atoms with Crippen LogP contribution in [0.2, 0.25) is 0 Å². The van der Waals surface area contributed by atoms with E-state index in [1.807, 2.05) is 53.5 Å². The van der Waals surface area contributed by atoms with E-state index in [2.05, 4.69) is 17.1 Å². The molecule has 0 saturated carbocycles. The van der Waals surface area contributed by atoms with E-state index < -0.39 is 0 Å². The summed E-state index contributed by atoms with van der Waals surface area (Å²) in [5.74, 6) is -0.0446. The summed E-state index contributed by atoms with van der Waals surface area (Å²) in [5, 5.41) is 7.19. The summed E-state index contributed by atoms with van der Waals surface area (Å²) in [6.07, 6.45) is 8.20. The average molecular weight is 353 g/mol. The van der Waals surface area contributed by atoms with E-state index in [1.165, 1.54) is 0 Å². The summed E-state index contributed by atoms with van der Waals surface area (Å²) >= 11 is 0. The van der Waals surface area contributed by atoms with Gasteiger partial charge in [0.2, 0.25) is 0 Å². The second kappa shape index (κ2) is 9.34. The molecule has 2 aromatic rings. The van der Waals surface area contributed by atoms with Crippen LogP contribution >= 0.6 is 0 Å². The molecule has 5 nitrogen and oxygen atoms in total. The number of nitrogens with zero attached hydrogens (tertiary/aromatic N) is 2. The zero-order valence-electron chi connectivity index (χ0n) is 15.4. The Balaban J connectivity index is 1.68. The summed E-state index contributed by atoms with van der Waals surface area (Å²) in [6, 6.07) is 12.0. The van der Waals surface area contributed by atoms with E-state index >= 15 is 0 Å². The first-order chi connectivity index (χ1) is 12.8. The van der Waals surface area contributed by atoms with Gasteiger partial charge in [-0.3, -0.25) is 9.89 Å². The van der Waals surface area contributed by atoms with Gasteiger partial charge < -0.3 is 9.64 Å². The van der Waals surface area contributed by atoms with Crippen molar-refractivity contribution in [3.63, 3.8) is 0 Å². The van der Waals surface area contributed by atoms with Crippen molar-refractivity contribution in [1.29, 1.82) is 0 Å². The molecular weight excluding hydrogens is 326 g/mol. The van der Waals surface area contributed by atoms with Crippen molar-refractivity contribution >= 4 is 12.0 Å². The van der Waals surface area contributed by atoms with E-state index in [-0.39, 0.29) is 12.0 Å². The summed E-state index contributed by atoms with van der Waals surface area (Å²) in [4.78, 5) is 14.8. The zero-order chi connectivity index (χ0) is 18.2. The molecule has 1 atom stereocenters. The molecule has 1 aliphatic rings. The van der Waals surface area contributed by atoms with Crippen molar-refractivity contribution < 1.29 is 9.53 Å². The average Bonchev–Trinajstić information content (AvgIpc) is 3.33. The largest absolute Gasteiger partial charge is 0.376 e. The minimum absolute atomic E-state index is 0.0446. The number of aromatic nitrogens is 2.